The number of hydrogen-bond donors (Lipinski definition) is 3. The molecule has 0 aromatic heterocycles. The number of fused-ring (bicyclic) bond motifs is 1. The van der Waals surface area contributed by atoms with Crippen molar-refractivity contribution in [3.05, 3.63) is 53.6 Å². The number of hydrazine groups is 1. The monoisotopic (exact) mass is 385 g/mol. The molecule has 0 saturated carbocycles. The zero-order chi connectivity index (χ0) is 19.8. The van der Waals surface area contributed by atoms with Crippen LogP contribution in [-0.2, 0) is 11.2 Å². The highest BCUT2D eigenvalue weighted by Crippen LogP contribution is 2.30. The maximum atomic E-state index is 11.8. The van der Waals surface area contributed by atoms with Crippen LogP contribution in [0.25, 0.3) is 0 Å². The Balaban J connectivity index is 1.33. The summed E-state index contributed by atoms with van der Waals surface area (Å²) in [7, 11) is 0. The van der Waals surface area contributed by atoms with E-state index in [4.69, 9.17) is 14.2 Å². The third-order valence-corrected chi connectivity index (χ3v) is 4.07. The molecule has 3 amide bonds. The maximum absolute atomic E-state index is 11.8. The molecule has 0 spiro atoms. The van der Waals surface area contributed by atoms with Gasteiger partial charge in [-0.05, 0) is 42.7 Å². The number of rotatable bonds is 6. The van der Waals surface area contributed by atoms with Crippen LogP contribution in [0.2, 0.25) is 0 Å². The highest BCUT2D eigenvalue weighted by molar-refractivity contribution is 5.81. The van der Waals surface area contributed by atoms with Crippen LogP contribution in [0.1, 0.15) is 11.1 Å². The normalized spacial score (nSPS) is 12.0. The largest absolute Gasteiger partial charge is 0.486 e. The van der Waals surface area contributed by atoms with Crippen LogP contribution in [0.3, 0.4) is 0 Å². The van der Waals surface area contributed by atoms with Gasteiger partial charge in [-0.2, -0.15) is 0 Å². The molecule has 0 saturated heterocycles. The molecule has 8 heteroatoms. The minimum atomic E-state index is -0.498. The van der Waals surface area contributed by atoms with Gasteiger partial charge in [0.2, 0.25) is 0 Å². The molecule has 0 atom stereocenters. The third kappa shape index (κ3) is 5.54. The standard InChI is InChI=1S/C20H23N3O5/c1-14-4-2-3-5-16(14)28-13-19(24)22-23-20(25)21-9-8-15-6-7-17-18(12-15)27-11-10-26-17/h2-7,12H,8-11,13H2,1H3,(H,22,24)(H2,21,23,25). The van der Waals surface area contributed by atoms with Crippen molar-refractivity contribution in [2.45, 2.75) is 13.3 Å². The number of carbonyl (C=O) groups is 2. The minimum Gasteiger partial charge on any atom is -0.486 e. The van der Waals surface area contributed by atoms with Gasteiger partial charge in [-0.25, -0.2) is 10.2 Å². The second kappa shape index (κ2) is 9.50. The molecule has 1 aliphatic rings. The van der Waals surface area contributed by atoms with Gasteiger partial charge in [0.05, 0.1) is 0 Å². The topological polar surface area (TPSA) is 97.9 Å². The molecule has 148 valence electrons. The molecule has 0 aliphatic carbocycles. The van der Waals surface area contributed by atoms with Gasteiger partial charge in [0.25, 0.3) is 5.91 Å². The fourth-order valence-electron chi connectivity index (χ4n) is 2.63. The van der Waals surface area contributed by atoms with Crippen molar-refractivity contribution >= 4 is 11.9 Å². The van der Waals surface area contributed by atoms with E-state index < -0.39 is 11.9 Å². The lowest BCUT2D eigenvalue weighted by molar-refractivity contribution is -0.123. The van der Waals surface area contributed by atoms with E-state index in [2.05, 4.69) is 16.2 Å². The van der Waals surface area contributed by atoms with Gasteiger partial charge >= 0.3 is 6.03 Å². The molecule has 1 aliphatic heterocycles. The Morgan fingerprint density at radius 1 is 1.04 bits per heavy atom. The molecule has 1 heterocycles. The van der Waals surface area contributed by atoms with Crippen LogP contribution >= 0.6 is 0 Å². The van der Waals surface area contributed by atoms with Crippen LogP contribution in [0, 0.1) is 6.92 Å². The molecule has 2 aromatic rings. The van der Waals surface area contributed by atoms with E-state index in [1.807, 2.05) is 43.3 Å². The van der Waals surface area contributed by atoms with Crippen molar-refractivity contribution in [1.29, 1.82) is 0 Å². The molecular formula is C20H23N3O5. The van der Waals surface area contributed by atoms with Gasteiger partial charge in [-0.15, -0.1) is 0 Å². The van der Waals surface area contributed by atoms with Crippen LogP contribution < -0.4 is 30.4 Å². The third-order valence-electron chi connectivity index (χ3n) is 4.07. The predicted octanol–water partition coefficient (Wildman–Crippen LogP) is 1.72. The van der Waals surface area contributed by atoms with Crippen LogP contribution in [0.15, 0.2) is 42.5 Å². The average molecular weight is 385 g/mol. The van der Waals surface area contributed by atoms with Crippen molar-refractivity contribution in [2.24, 2.45) is 0 Å². The summed E-state index contributed by atoms with van der Waals surface area (Å²) in [5, 5.41) is 2.67. The fraction of sp³-hybridized carbons (Fsp3) is 0.300. The first-order valence-corrected chi connectivity index (χ1v) is 9.01. The van der Waals surface area contributed by atoms with Gasteiger partial charge in [-0.1, -0.05) is 24.3 Å². The summed E-state index contributed by atoms with van der Waals surface area (Å²) in [5.41, 5.74) is 6.54. The van der Waals surface area contributed by atoms with Crippen molar-refractivity contribution in [3.63, 3.8) is 0 Å². The Bertz CT molecular complexity index is 840. The predicted molar refractivity (Wildman–Crippen MR) is 102 cm³/mol. The second-order valence-corrected chi connectivity index (χ2v) is 6.21. The summed E-state index contributed by atoms with van der Waals surface area (Å²) >= 11 is 0. The lowest BCUT2D eigenvalue weighted by Gasteiger charge is -2.18. The van der Waals surface area contributed by atoms with E-state index in [0.717, 1.165) is 16.9 Å². The molecule has 0 unspecified atom stereocenters. The Kier molecular flexibility index (Phi) is 6.56. The van der Waals surface area contributed by atoms with Gasteiger partial charge in [0.15, 0.2) is 18.1 Å². The summed E-state index contributed by atoms with van der Waals surface area (Å²) in [6.07, 6.45) is 0.619. The van der Waals surface area contributed by atoms with E-state index in [9.17, 15) is 9.59 Å². The molecule has 0 bridgehead atoms. The Morgan fingerprint density at radius 2 is 1.82 bits per heavy atom. The highest BCUT2D eigenvalue weighted by atomic mass is 16.6. The quantitative estimate of drug-likeness (QED) is 0.658. The van der Waals surface area contributed by atoms with Crippen molar-refractivity contribution in [3.8, 4) is 17.2 Å². The first kappa shape index (κ1) is 19.3. The van der Waals surface area contributed by atoms with Gasteiger partial charge < -0.3 is 19.5 Å². The van der Waals surface area contributed by atoms with Crippen LogP contribution in [0.4, 0.5) is 4.79 Å². The summed E-state index contributed by atoms with van der Waals surface area (Å²) < 4.78 is 16.4. The lowest BCUT2D eigenvalue weighted by Crippen LogP contribution is -2.48. The van der Waals surface area contributed by atoms with Crippen molar-refractivity contribution < 1.29 is 23.8 Å². The molecule has 3 N–H and O–H groups in total. The Hall–Kier alpha value is -3.42. The van der Waals surface area contributed by atoms with Crippen LogP contribution in [-0.4, -0.2) is 38.3 Å². The lowest BCUT2D eigenvalue weighted by atomic mass is 10.1. The first-order valence-electron chi connectivity index (χ1n) is 9.01. The number of aryl methyl sites for hydroxylation is 1. The zero-order valence-corrected chi connectivity index (χ0v) is 15.6. The minimum absolute atomic E-state index is 0.192. The molecule has 0 radical (unpaired) electrons. The molecule has 8 nitrogen and oxygen atoms in total. The number of para-hydroxylation sites is 1. The number of urea groups is 1. The van der Waals surface area contributed by atoms with Crippen molar-refractivity contribution in [2.75, 3.05) is 26.4 Å². The summed E-state index contributed by atoms with van der Waals surface area (Å²) in [5.74, 6) is 1.62. The molecule has 3 rings (SSSR count). The molecule has 2 aromatic carbocycles. The van der Waals surface area contributed by atoms with E-state index >= 15 is 0 Å². The number of hydrogen-bond acceptors (Lipinski definition) is 5. The number of amides is 3. The van der Waals surface area contributed by atoms with E-state index in [0.29, 0.717) is 37.7 Å². The molecule has 0 fully saturated rings. The van der Waals surface area contributed by atoms with E-state index in [-0.39, 0.29) is 6.61 Å². The molecular weight excluding hydrogens is 362 g/mol. The number of nitrogens with one attached hydrogen (secondary N) is 3. The Morgan fingerprint density at radius 3 is 2.64 bits per heavy atom. The first-order chi connectivity index (χ1) is 13.6. The zero-order valence-electron chi connectivity index (χ0n) is 15.6. The smallest absolute Gasteiger partial charge is 0.333 e. The van der Waals surface area contributed by atoms with Gasteiger partial charge in [0, 0.05) is 6.54 Å². The number of ether oxygens (including phenoxy) is 3. The van der Waals surface area contributed by atoms with Crippen LogP contribution in [0.5, 0.6) is 17.2 Å². The maximum Gasteiger partial charge on any atom is 0.333 e. The number of carbonyl (C=O) groups excluding carboxylic acids is 2. The summed E-state index contributed by atoms with van der Waals surface area (Å²) in [6.45, 7) is 3.18. The van der Waals surface area contributed by atoms with Crippen molar-refractivity contribution in [1.82, 2.24) is 16.2 Å². The Labute approximate surface area is 163 Å². The average Bonchev–Trinajstić information content (AvgIpc) is 2.71. The summed E-state index contributed by atoms with van der Waals surface area (Å²) in [4.78, 5) is 23.5. The molecule has 28 heavy (non-hydrogen) atoms. The highest BCUT2D eigenvalue weighted by Gasteiger charge is 2.12. The van der Waals surface area contributed by atoms with E-state index in [1.54, 1.807) is 6.07 Å². The SMILES string of the molecule is Cc1ccccc1OCC(=O)NNC(=O)NCCc1ccc2c(c1)OCCO2. The van der Waals surface area contributed by atoms with Gasteiger partial charge in [0.1, 0.15) is 19.0 Å². The summed E-state index contributed by atoms with van der Waals surface area (Å²) in [6, 6.07) is 12.6. The van der Waals surface area contributed by atoms with E-state index in [1.165, 1.54) is 0 Å². The van der Waals surface area contributed by atoms with Gasteiger partial charge in [-0.3, -0.25) is 10.2 Å². The second-order valence-electron chi connectivity index (χ2n) is 6.21. The number of benzene rings is 2. The fourth-order valence-corrected chi connectivity index (χ4v) is 2.63.